The number of carbonyl (C=O) groups excluding carboxylic acids is 2. The summed E-state index contributed by atoms with van der Waals surface area (Å²) in [6, 6.07) is 11.9. The number of rotatable bonds is 4. The summed E-state index contributed by atoms with van der Waals surface area (Å²) >= 11 is 1.34. The van der Waals surface area contributed by atoms with Gasteiger partial charge in [-0.3, -0.25) is 14.7 Å². The number of amides is 1. The number of carbonyl (C=O) groups is 2. The van der Waals surface area contributed by atoms with Gasteiger partial charge >= 0.3 is 0 Å². The SMILES string of the molecule is CC(=O)c1cc(C(=O)N2CCCC(c3[nH]ncc3-c3ccccc3)C2)cs1. The van der Waals surface area contributed by atoms with Crippen LogP contribution < -0.4 is 0 Å². The van der Waals surface area contributed by atoms with Crippen molar-refractivity contribution in [3.8, 4) is 11.1 Å². The van der Waals surface area contributed by atoms with Gasteiger partial charge in [0.25, 0.3) is 5.91 Å². The molecule has 6 heteroatoms. The minimum absolute atomic E-state index is 0.000494. The van der Waals surface area contributed by atoms with Crippen molar-refractivity contribution in [1.82, 2.24) is 15.1 Å². The zero-order valence-corrected chi connectivity index (χ0v) is 16.0. The standard InChI is InChI=1S/C21H21N3O2S/c1-14(25)19-10-17(13-27-19)21(26)24-9-5-8-16(12-24)20-18(11-22-23-20)15-6-3-2-4-7-15/h2-4,6-7,10-11,13,16H,5,8-9,12H2,1H3,(H,22,23). The van der Waals surface area contributed by atoms with Crippen LogP contribution in [-0.4, -0.2) is 39.9 Å². The van der Waals surface area contributed by atoms with Crippen molar-refractivity contribution in [1.29, 1.82) is 0 Å². The van der Waals surface area contributed by atoms with Crippen LogP contribution in [0.15, 0.2) is 48.0 Å². The van der Waals surface area contributed by atoms with E-state index in [9.17, 15) is 9.59 Å². The molecule has 5 nitrogen and oxygen atoms in total. The van der Waals surface area contributed by atoms with Gasteiger partial charge in [0, 0.05) is 35.6 Å². The molecule has 0 radical (unpaired) electrons. The lowest BCUT2D eigenvalue weighted by atomic mass is 9.90. The number of likely N-dealkylation sites (tertiary alicyclic amines) is 1. The van der Waals surface area contributed by atoms with Crippen LogP contribution in [0.3, 0.4) is 0 Å². The maximum atomic E-state index is 12.9. The molecule has 138 valence electrons. The Balaban J connectivity index is 1.54. The topological polar surface area (TPSA) is 66.1 Å². The lowest BCUT2D eigenvalue weighted by Gasteiger charge is -2.32. The van der Waals surface area contributed by atoms with Crippen molar-refractivity contribution in [2.24, 2.45) is 0 Å². The lowest BCUT2D eigenvalue weighted by Crippen LogP contribution is -2.39. The second kappa shape index (κ2) is 7.48. The zero-order chi connectivity index (χ0) is 18.8. The molecule has 1 atom stereocenters. The number of Topliss-reactive ketones (excluding diaryl/α,β-unsaturated/α-hetero) is 1. The molecule has 1 N–H and O–H groups in total. The van der Waals surface area contributed by atoms with Crippen LogP contribution in [0.25, 0.3) is 11.1 Å². The fourth-order valence-electron chi connectivity index (χ4n) is 3.67. The Morgan fingerprint density at radius 3 is 2.81 bits per heavy atom. The molecule has 27 heavy (non-hydrogen) atoms. The third-order valence-corrected chi connectivity index (χ3v) is 6.09. The summed E-state index contributed by atoms with van der Waals surface area (Å²) in [5.41, 5.74) is 3.94. The van der Waals surface area contributed by atoms with E-state index in [2.05, 4.69) is 22.3 Å². The Morgan fingerprint density at radius 1 is 1.26 bits per heavy atom. The third kappa shape index (κ3) is 3.57. The highest BCUT2D eigenvalue weighted by Crippen LogP contribution is 2.33. The van der Waals surface area contributed by atoms with E-state index in [0.717, 1.165) is 36.2 Å². The van der Waals surface area contributed by atoms with Gasteiger partial charge < -0.3 is 4.90 Å². The van der Waals surface area contributed by atoms with E-state index < -0.39 is 0 Å². The molecule has 2 aromatic heterocycles. The number of hydrogen-bond acceptors (Lipinski definition) is 4. The third-order valence-electron chi connectivity index (χ3n) is 5.06. The van der Waals surface area contributed by atoms with Crippen LogP contribution in [0.5, 0.6) is 0 Å². The molecule has 0 bridgehead atoms. The van der Waals surface area contributed by atoms with E-state index >= 15 is 0 Å². The number of H-pyrrole nitrogens is 1. The van der Waals surface area contributed by atoms with Crippen LogP contribution in [0, 0.1) is 0 Å². The van der Waals surface area contributed by atoms with Gasteiger partial charge in [0.1, 0.15) is 0 Å². The highest BCUT2D eigenvalue weighted by atomic mass is 32.1. The molecule has 3 aromatic rings. The molecule has 3 heterocycles. The number of aromatic nitrogens is 2. The Bertz CT molecular complexity index is 961. The van der Waals surface area contributed by atoms with Gasteiger partial charge in [-0.25, -0.2) is 0 Å². The fourth-order valence-corrected chi connectivity index (χ4v) is 4.45. The van der Waals surface area contributed by atoms with E-state index in [1.165, 1.54) is 18.3 Å². The van der Waals surface area contributed by atoms with Crippen LogP contribution in [0.1, 0.15) is 51.4 Å². The van der Waals surface area contributed by atoms with Crippen LogP contribution in [0.2, 0.25) is 0 Å². The minimum Gasteiger partial charge on any atom is -0.338 e. The molecule has 1 fully saturated rings. The molecule has 0 saturated carbocycles. The second-order valence-corrected chi connectivity index (χ2v) is 7.82. The molecule has 1 saturated heterocycles. The molecule has 1 aliphatic heterocycles. The molecular formula is C21H21N3O2S. The zero-order valence-electron chi connectivity index (χ0n) is 15.1. The number of ketones is 1. The molecule has 1 amide bonds. The van der Waals surface area contributed by atoms with Gasteiger partial charge in [-0.1, -0.05) is 30.3 Å². The summed E-state index contributed by atoms with van der Waals surface area (Å²) in [4.78, 5) is 26.9. The number of piperidine rings is 1. The first kappa shape index (κ1) is 17.7. The molecular weight excluding hydrogens is 358 g/mol. The number of aromatic amines is 1. The molecule has 1 unspecified atom stereocenters. The smallest absolute Gasteiger partial charge is 0.254 e. The van der Waals surface area contributed by atoms with Gasteiger partial charge in [-0.2, -0.15) is 5.10 Å². The van der Waals surface area contributed by atoms with Crippen LogP contribution in [-0.2, 0) is 0 Å². The lowest BCUT2D eigenvalue weighted by molar-refractivity contribution is 0.0706. The average Bonchev–Trinajstić information content (AvgIpc) is 3.38. The maximum absolute atomic E-state index is 12.9. The van der Waals surface area contributed by atoms with Crippen molar-refractivity contribution < 1.29 is 9.59 Å². The predicted octanol–water partition coefficient (Wildman–Crippen LogP) is 4.36. The van der Waals surface area contributed by atoms with E-state index in [0.29, 0.717) is 17.0 Å². The van der Waals surface area contributed by atoms with Gasteiger partial charge in [0.15, 0.2) is 5.78 Å². The van der Waals surface area contributed by atoms with Gasteiger partial charge in [-0.05, 0) is 31.4 Å². The molecule has 1 aliphatic rings. The summed E-state index contributed by atoms with van der Waals surface area (Å²) in [6.07, 6.45) is 3.84. The minimum atomic E-state index is 0.000494. The molecule has 0 spiro atoms. The number of thiophene rings is 1. The van der Waals surface area contributed by atoms with Gasteiger partial charge in [0.2, 0.25) is 0 Å². The first-order valence-electron chi connectivity index (χ1n) is 9.11. The summed E-state index contributed by atoms with van der Waals surface area (Å²) in [6.45, 7) is 2.93. The monoisotopic (exact) mass is 379 g/mol. The van der Waals surface area contributed by atoms with Crippen molar-refractivity contribution in [2.75, 3.05) is 13.1 Å². The number of benzene rings is 1. The van der Waals surface area contributed by atoms with Crippen molar-refractivity contribution in [3.63, 3.8) is 0 Å². The molecule has 4 rings (SSSR count). The summed E-state index contributed by atoms with van der Waals surface area (Å²) in [5.74, 6) is 0.232. The van der Waals surface area contributed by atoms with E-state index in [4.69, 9.17) is 0 Å². The predicted molar refractivity (Wildman–Crippen MR) is 106 cm³/mol. The fraction of sp³-hybridized carbons (Fsp3) is 0.286. The quantitative estimate of drug-likeness (QED) is 0.685. The summed E-state index contributed by atoms with van der Waals surface area (Å²) in [5, 5.41) is 9.21. The first-order chi connectivity index (χ1) is 13.1. The van der Waals surface area contributed by atoms with Gasteiger partial charge in [-0.15, -0.1) is 11.3 Å². The van der Waals surface area contributed by atoms with E-state index in [-0.39, 0.29) is 17.6 Å². The Labute approximate surface area is 162 Å². The second-order valence-electron chi connectivity index (χ2n) is 6.91. The summed E-state index contributed by atoms with van der Waals surface area (Å²) in [7, 11) is 0. The Morgan fingerprint density at radius 2 is 2.07 bits per heavy atom. The average molecular weight is 379 g/mol. The normalized spacial score (nSPS) is 17.1. The van der Waals surface area contributed by atoms with Crippen molar-refractivity contribution in [3.05, 3.63) is 64.1 Å². The highest BCUT2D eigenvalue weighted by molar-refractivity contribution is 7.12. The number of nitrogens with zero attached hydrogens (tertiary/aromatic N) is 2. The van der Waals surface area contributed by atoms with E-state index in [1.807, 2.05) is 29.3 Å². The molecule has 0 aliphatic carbocycles. The number of nitrogens with one attached hydrogen (secondary N) is 1. The van der Waals surface area contributed by atoms with E-state index in [1.54, 1.807) is 11.4 Å². The van der Waals surface area contributed by atoms with Crippen molar-refractivity contribution >= 4 is 23.0 Å². The van der Waals surface area contributed by atoms with Crippen LogP contribution >= 0.6 is 11.3 Å². The van der Waals surface area contributed by atoms with Crippen molar-refractivity contribution in [2.45, 2.75) is 25.7 Å². The summed E-state index contributed by atoms with van der Waals surface area (Å²) < 4.78 is 0. The highest BCUT2D eigenvalue weighted by Gasteiger charge is 2.28. The number of hydrogen-bond donors (Lipinski definition) is 1. The first-order valence-corrected chi connectivity index (χ1v) is 9.99. The van der Waals surface area contributed by atoms with Gasteiger partial charge in [0.05, 0.1) is 16.6 Å². The largest absolute Gasteiger partial charge is 0.338 e. The van der Waals surface area contributed by atoms with Crippen LogP contribution in [0.4, 0.5) is 0 Å². The Hall–Kier alpha value is -2.73. The maximum Gasteiger partial charge on any atom is 0.254 e. The molecule has 1 aromatic carbocycles. The Kier molecular flexibility index (Phi) is 4.90.